The van der Waals surface area contributed by atoms with Crippen LogP contribution in [0.15, 0.2) is 66.7 Å². The second-order valence-electron chi connectivity index (χ2n) is 9.97. The number of carboxylic acid groups (broad SMARTS) is 1. The molecule has 0 aliphatic carbocycles. The topological polar surface area (TPSA) is 71.8 Å². The third-order valence-corrected chi connectivity index (χ3v) is 7.10. The van der Waals surface area contributed by atoms with Crippen molar-refractivity contribution in [3.8, 4) is 22.7 Å². The van der Waals surface area contributed by atoms with E-state index in [1.807, 2.05) is 13.8 Å². The van der Waals surface area contributed by atoms with E-state index in [0.29, 0.717) is 36.1 Å². The molecule has 3 aromatic carbocycles. The third-order valence-electron chi connectivity index (χ3n) is 7.10. The van der Waals surface area contributed by atoms with Crippen LogP contribution in [0.4, 0.5) is 27.6 Å². The summed E-state index contributed by atoms with van der Waals surface area (Å²) >= 11 is 0. The van der Waals surface area contributed by atoms with E-state index in [1.165, 1.54) is 23.1 Å². The molecule has 1 saturated heterocycles. The van der Waals surface area contributed by atoms with Gasteiger partial charge in [0.2, 0.25) is 5.91 Å². The fourth-order valence-corrected chi connectivity index (χ4v) is 5.00. The van der Waals surface area contributed by atoms with Crippen molar-refractivity contribution in [3.63, 3.8) is 0 Å². The number of aryl methyl sites for hydroxylation is 1. The zero-order valence-electron chi connectivity index (χ0n) is 24.3. The summed E-state index contributed by atoms with van der Waals surface area (Å²) in [6.45, 7) is 5.72. The first kappa shape index (κ1) is 32.2. The second kappa shape index (κ2) is 13.3. The number of nitrogens with zero attached hydrogens (tertiary/aromatic N) is 2. The molecule has 0 unspecified atom stereocenters. The maximum absolute atomic E-state index is 14.3. The van der Waals surface area contributed by atoms with E-state index < -0.39 is 29.3 Å². The van der Waals surface area contributed by atoms with Gasteiger partial charge in [-0.05, 0) is 80.4 Å². The maximum Gasteiger partial charge on any atom is 0.416 e. The summed E-state index contributed by atoms with van der Waals surface area (Å²) in [4.78, 5) is 26.2. The maximum atomic E-state index is 14.3. The predicted octanol–water partition coefficient (Wildman–Crippen LogP) is 8.57. The van der Waals surface area contributed by atoms with E-state index in [4.69, 9.17) is 4.74 Å². The minimum atomic E-state index is -4.69. The number of benzene rings is 3. The van der Waals surface area contributed by atoms with Crippen molar-refractivity contribution in [3.05, 3.63) is 101 Å². The summed E-state index contributed by atoms with van der Waals surface area (Å²) in [6.07, 6.45) is -2.90. The molecule has 1 aliphatic rings. The Kier molecular flexibility index (Phi) is 9.76. The highest BCUT2D eigenvalue weighted by atomic mass is 19.4. The predicted molar refractivity (Wildman–Crippen MR) is 156 cm³/mol. The van der Waals surface area contributed by atoms with Crippen LogP contribution in [0.1, 0.15) is 60.3 Å². The first-order chi connectivity index (χ1) is 20.9. The number of carbonyl (C=O) groups is 2. The Labute approximate surface area is 251 Å². The molecule has 6 nitrogen and oxygen atoms in total. The lowest BCUT2D eigenvalue weighted by molar-refractivity contribution is -0.137. The molecular formula is C33H31F5N2O4. The Morgan fingerprint density at radius 2 is 1.66 bits per heavy atom. The normalized spacial score (nSPS) is 13.4. The van der Waals surface area contributed by atoms with Gasteiger partial charge in [0.15, 0.2) is 0 Å². The summed E-state index contributed by atoms with van der Waals surface area (Å²) in [5.41, 5.74) is 0.433. The van der Waals surface area contributed by atoms with Crippen LogP contribution < -0.4 is 9.64 Å². The number of alkyl halides is 3. The molecule has 1 N–H and O–H groups in total. The molecule has 1 fully saturated rings. The zero-order chi connectivity index (χ0) is 32.2. The molecule has 1 aromatic heterocycles. The van der Waals surface area contributed by atoms with Crippen LogP contribution in [0.2, 0.25) is 0 Å². The fraction of sp³-hybridized carbons (Fsp3) is 0.273. The fourth-order valence-electron chi connectivity index (χ4n) is 5.00. The molecule has 1 aliphatic heterocycles. The number of hydrogen-bond donors (Lipinski definition) is 1. The SMILES string of the molecule is CC.Cc1ccc(-c2cc(C(F)(F)F)ccc2OCc2ccc(F)cc2F)n1-c1cc(C(=O)O)cc(N2CCCCC2=O)c1. The van der Waals surface area contributed by atoms with Gasteiger partial charge in [-0.3, -0.25) is 4.79 Å². The standard InChI is InChI=1S/C31H25F5N2O4.C2H6/c1-18-5-9-27(38(18)24-13-20(30(40)41)12-23(16-24)37-11-3-2-4-29(37)39)25-14-21(31(34,35)36)7-10-28(25)42-17-19-6-8-22(32)15-26(19)33;1-2/h5-10,12-16H,2-4,11,17H2,1H3,(H,40,41);1-2H3. The van der Waals surface area contributed by atoms with Gasteiger partial charge in [-0.2, -0.15) is 13.2 Å². The number of rotatable bonds is 7. The molecule has 5 rings (SSSR count). The summed E-state index contributed by atoms with van der Waals surface area (Å²) in [5.74, 6) is -3.05. The van der Waals surface area contributed by atoms with Gasteiger partial charge in [0.05, 0.1) is 16.8 Å². The van der Waals surface area contributed by atoms with Crippen molar-refractivity contribution in [2.24, 2.45) is 0 Å². The molecule has 11 heteroatoms. The molecule has 2 heterocycles. The van der Waals surface area contributed by atoms with E-state index in [-0.39, 0.29) is 40.6 Å². The van der Waals surface area contributed by atoms with Gasteiger partial charge in [-0.15, -0.1) is 0 Å². The zero-order valence-corrected chi connectivity index (χ0v) is 24.3. The van der Waals surface area contributed by atoms with Gasteiger partial charge in [0.25, 0.3) is 0 Å². The number of piperidine rings is 1. The Morgan fingerprint density at radius 3 is 2.32 bits per heavy atom. The largest absolute Gasteiger partial charge is 0.488 e. The lowest BCUT2D eigenvalue weighted by Crippen LogP contribution is -2.35. The quantitative estimate of drug-likeness (QED) is 0.212. The highest BCUT2D eigenvalue weighted by Gasteiger charge is 2.32. The minimum Gasteiger partial charge on any atom is -0.488 e. The van der Waals surface area contributed by atoms with Gasteiger partial charge in [0, 0.05) is 47.2 Å². The number of carboxylic acids is 1. The number of aromatic nitrogens is 1. The van der Waals surface area contributed by atoms with Crippen molar-refractivity contribution in [1.29, 1.82) is 0 Å². The van der Waals surface area contributed by atoms with Gasteiger partial charge < -0.3 is 19.3 Å². The molecule has 4 aromatic rings. The van der Waals surface area contributed by atoms with Crippen molar-refractivity contribution in [2.45, 2.75) is 52.8 Å². The summed E-state index contributed by atoms with van der Waals surface area (Å²) in [5, 5.41) is 9.83. The molecule has 0 spiro atoms. The lowest BCUT2D eigenvalue weighted by atomic mass is 10.0. The lowest BCUT2D eigenvalue weighted by Gasteiger charge is -2.28. The average molecular weight is 615 g/mol. The number of anilines is 1. The first-order valence-electron chi connectivity index (χ1n) is 14.1. The number of ether oxygens (including phenoxy) is 1. The van der Waals surface area contributed by atoms with E-state index in [9.17, 15) is 36.6 Å². The van der Waals surface area contributed by atoms with Crippen molar-refractivity contribution < 1.29 is 41.4 Å². The third kappa shape index (κ3) is 6.93. The Morgan fingerprint density at radius 1 is 0.932 bits per heavy atom. The molecule has 44 heavy (non-hydrogen) atoms. The van der Waals surface area contributed by atoms with E-state index in [1.54, 1.807) is 29.7 Å². The number of halogens is 5. The summed E-state index contributed by atoms with van der Waals surface area (Å²) in [7, 11) is 0. The van der Waals surface area contributed by atoms with Crippen LogP contribution >= 0.6 is 0 Å². The van der Waals surface area contributed by atoms with Crippen LogP contribution in [0.25, 0.3) is 16.9 Å². The Hall–Kier alpha value is -4.67. The summed E-state index contributed by atoms with van der Waals surface area (Å²) in [6, 6.07) is 13.4. The second-order valence-corrected chi connectivity index (χ2v) is 9.97. The monoisotopic (exact) mass is 614 g/mol. The van der Waals surface area contributed by atoms with E-state index in [0.717, 1.165) is 37.1 Å². The minimum absolute atomic E-state index is 0.00110. The van der Waals surface area contributed by atoms with Gasteiger partial charge in [-0.1, -0.05) is 13.8 Å². The molecular weight excluding hydrogens is 583 g/mol. The molecule has 0 atom stereocenters. The molecule has 0 bridgehead atoms. The van der Waals surface area contributed by atoms with Gasteiger partial charge >= 0.3 is 12.1 Å². The van der Waals surface area contributed by atoms with Crippen LogP contribution in [0.3, 0.4) is 0 Å². The smallest absolute Gasteiger partial charge is 0.416 e. The number of hydrogen-bond acceptors (Lipinski definition) is 3. The highest BCUT2D eigenvalue weighted by Crippen LogP contribution is 2.40. The van der Waals surface area contributed by atoms with Crippen molar-refractivity contribution >= 4 is 17.6 Å². The van der Waals surface area contributed by atoms with E-state index in [2.05, 4.69) is 0 Å². The Bertz CT molecular complexity index is 1680. The molecule has 0 radical (unpaired) electrons. The van der Waals surface area contributed by atoms with Gasteiger partial charge in [-0.25, -0.2) is 13.6 Å². The van der Waals surface area contributed by atoms with Crippen LogP contribution in [-0.2, 0) is 17.6 Å². The van der Waals surface area contributed by atoms with Crippen molar-refractivity contribution in [2.75, 3.05) is 11.4 Å². The number of aromatic carboxylic acids is 1. The number of amides is 1. The molecule has 0 saturated carbocycles. The van der Waals surface area contributed by atoms with E-state index >= 15 is 0 Å². The molecule has 232 valence electrons. The highest BCUT2D eigenvalue weighted by molar-refractivity contribution is 5.97. The van der Waals surface area contributed by atoms with Crippen LogP contribution in [-0.4, -0.2) is 28.1 Å². The Balaban J connectivity index is 0.00000216. The van der Waals surface area contributed by atoms with Crippen LogP contribution in [0.5, 0.6) is 5.75 Å². The molecule has 1 amide bonds. The van der Waals surface area contributed by atoms with Crippen LogP contribution in [0, 0.1) is 18.6 Å². The average Bonchev–Trinajstić information content (AvgIpc) is 3.38. The summed E-state index contributed by atoms with van der Waals surface area (Å²) < 4.78 is 76.3. The van der Waals surface area contributed by atoms with Crippen molar-refractivity contribution in [1.82, 2.24) is 4.57 Å². The number of carbonyl (C=O) groups excluding carboxylic acids is 1. The first-order valence-corrected chi connectivity index (χ1v) is 14.1. The van der Waals surface area contributed by atoms with Gasteiger partial charge in [0.1, 0.15) is 24.0 Å².